The van der Waals surface area contributed by atoms with Gasteiger partial charge in [-0.3, -0.25) is 4.79 Å². The second-order valence-corrected chi connectivity index (χ2v) is 8.03. The van der Waals surface area contributed by atoms with Crippen LogP contribution in [0.3, 0.4) is 0 Å². The van der Waals surface area contributed by atoms with Crippen molar-refractivity contribution in [2.24, 2.45) is 11.8 Å². The second-order valence-electron chi connectivity index (χ2n) is 6.10. The van der Waals surface area contributed by atoms with Gasteiger partial charge in [-0.15, -0.1) is 0 Å². The van der Waals surface area contributed by atoms with E-state index in [1.807, 2.05) is 6.92 Å². The quantitative estimate of drug-likeness (QED) is 0.786. The zero-order valence-electron chi connectivity index (χ0n) is 12.3. The molecule has 0 aliphatic heterocycles. The van der Waals surface area contributed by atoms with Crippen LogP contribution in [-0.4, -0.2) is 32.8 Å². The van der Waals surface area contributed by atoms with Crippen molar-refractivity contribution in [3.05, 3.63) is 0 Å². The molecule has 20 heavy (non-hydrogen) atoms. The lowest BCUT2D eigenvalue weighted by atomic mass is 10.0. The Labute approximate surface area is 121 Å². The maximum atomic E-state index is 12.5. The van der Waals surface area contributed by atoms with E-state index < -0.39 is 27.2 Å². The summed E-state index contributed by atoms with van der Waals surface area (Å²) in [7, 11) is -2.13. The number of esters is 1. The summed E-state index contributed by atoms with van der Waals surface area (Å²) in [5.41, 5.74) is 0. The molecule has 3 atom stereocenters. The Bertz CT molecular complexity index is 442. The molecule has 2 rings (SSSR count). The first kappa shape index (κ1) is 15.8. The lowest BCUT2D eigenvalue weighted by Gasteiger charge is -2.24. The highest BCUT2D eigenvalue weighted by Crippen LogP contribution is 2.33. The Morgan fingerprint density at radius 1 is 1.15 bits per heavy atom. The summed E-state index contributed by atoms with van der Waals surface area (Å²) in [5, 5.41) is -0.626. The molecule has 5 nitrogen and oxygen atoms in total. The van der Waals surface area contributed by atoms with Crippen LogP contribution in [0.15, 0.2) is 0 Å². The Morgan fingerprint density at radius 2 is 1.80 bits per heavy atom. The highest BCUT2D eigenvalue weighted by molar-refractivity contribution is 7.90. The van der Waals surface area contributed by atoms with E-state index in [1.54, 1.807) is 0 Å². The van der Waals surface area contributed by atoms with Crippen molar-refractivity contribution in [3.63, 3.8) is 0 Å². The summed E-state index contributed by atoms with van der Waals surface area (Å²) in [6, 6.07) is -0.0404. The summed E-state index contributed by atoms with van der Waals surface area (Å²) in [4.78, 5) is 11.7. The molecule has 116 valence electrons. The molecule has 2 aliphatic carbocycles. The van der Waals surface area contributed by atoms with Crippen molar-refractivity contribution in [1.29, 1.82) is 0 Å². The molecule has 6 heteroatoms. The number of carbonyl (C=O) groups excluding carboxylic acids is 1. The zero-order valence-corrected chi connectivity index (χ0v) is 13.1. The van der Waals surface area contributed by atoms with Gasteiger partial charge >= 0.3 is 5.97 Å². The van der Waals surface area contributed by atoms with E-state index in [1.165, 1.54) is 20.0 Å². The number of carbonyl (C=O) groups is 1. The lowest BCUT2D eigenvalue weighted by molar-refractivity contribution is -0.145. The average Bonchev–Trinajstić information content (AvgIpc) is 3.08. The SMILES string of the molecule is COC(=O)C1CCCC1S(=O)(=O)N[C@@H](C)C1CCCC1. The highest BCUT2D eigenvalue weighted by atomic mass is 32.2. The molecule has 0 heterocycles. The van der Waals surface area contributed by atoms with Gasteiger partial charge in [-0.05, 0) is 38.5 Å². The molecule has 2 aliphatic rings. The van der Waals surface area contributed by atoms with Crippen molar-refractivity contribution in [2.75, 3.05) is 7.11 Å². The molecular formula is C14H25NO4S. The van der Waals surface area contributed by atoms with Gasteiger partial charge in [0.1, 0.15) is 0 Å². The van der Waals surface area contributed by atoms with Gasteiger partial charge in [0.05, 0.1) is 18.3 Å². The van der Waals surface area contributed by atoms with E-state index in [0.29, 0.717) is 18.8 Å². The molecular weight excluding hydrogens is 278 g/mol. The topological polar surface area (TPSA) is 72.5 Å². The number of hydrogen-bond donors (Lipinski definition) is 1. The Kier molecular flexibility index (Phi) is 5.07. The monoisotopic (exact) mass is 303 g/mol. The van der Waals surface area contributed by atoms with E-state index in [-0.39, 0.29) is 6.04 Å². The molecule has 0 aromatic heterocycles. The Hall–Kier alpha value is -0.620. The maximum absolute atomic E-state index is 12.5. The van der Waals surface area contributed by atoms with Gasteiger partial charge in [0.15, 0.2) is 0 Å². The predicted molar refractivity (Wildman–Crippen MR) is 76.6 cm³/mol. The number of rotatable bonds is 5. The molecule has 0 radical (unpaired) electrons. The van der Waals surface area contributed by atoms with Crippen molar-refractivity contribution in [3.8, 4) is 0 Å². The standard InChI is InChI=1S/C14H25NO4S/c1-10(11-6-3-4-7-11)15-20(17,18)13-9-5-8-12(13)14(16)19-2/h10-13,15H,3-9H2,1-2H3/t10-,12?,13?/m0/s1. The fourth-order valence-electron chi connectivity index (χ4n) is 3.62. The second kappa shape index (κ2) is 6.43. The minimum atomic E-state index is -3.45. The van der Waals surface area contributed by atoms with Crippen LogP contribution in [0.5, 0.6) is 0 Å². The fraction of sp³-hybridized carbons (Fsp3) is 0.929. The van der Waals surface area contributed by atoms with Gasteiger partial charge in [0.2, 0.25) is 10.0 Å². The highest BCUT2D eigenvalue weighted by Gasteiger charge is 2.43. The van der Waals surface area contributed by atoms with Gasteiger partial charge in [-0.2, -0.15) is 0 Å². The first-order valence-electron chi connectivity index (χ1n) is 7.54. The largest absolute Gasteiger partial charge is 0.469 e. The summed E-state index contributed by atoms with van der Waals surface area (Å²) >= 11 is 0. The number of ether oxygens (including phenoxy) is 1. The van der Waals surface area contributed by atoms with E-state index >= 15 is 0 Å². The molecule has 2 unspecified atom stereocenters. The van der Waals surface area contributed by atoms with Crippen LogP contribution in [0.2, 0.25) is 0 Å². The molecule has 0 aromatic carbocycles. The van der Waals surface area contributed by atoms with E-state index in [0.717, 1.165) is 19.3 Å². The number of hydrogen-bond acceptors (Lipinski definition) is 4. The van der Waals surface area contributed by atoms with Gasteiger partial charge in [-0.25, -0.2) is 13.1 Å². The number of methoxy groups -OCH3 is 1. The van der Waals surface area contributed by atoms with Crippen molar-refractivity contribution in [1.82, 2.24) is 4.72 Å². The lowest BCUT2D eigenvalue weighted by Crippen LogP contribution is -2.45. The molecule has 0 saturated heterocycles. The van der Waals surface area contributed by atoms with E-state index in [4.69, 9.17) is 4.74 Å². The van der Waals surface area contributed by atoms with E-state index in [9.17, 15) is 13.2 Å². The summed E-state index contributed by atoms with van der Waals surface area (Å²) in [6.07, 6.45) is 6.48. The van der Waals surface area contributed by atoms with Crippen LogP contribution in [0.4, 0.5) is 0 Å². The fourth-order valence-corrected chi connectivity index (χ4v) is 5.66. The molecule has 2 fully saturated rings. The van der Waals surface area contributed by atoms with Gasteiger partial charge in [0, 0.05) is 6.04 Å². The smallest absolute Gasteiger partial charge is 0.310 e. The normalized spacial score (nSPS) is 29.5. The average molecular weight is 303 g/mol. The van der Waals surface area contributed by atoms with Crippen LogP contribution in [0, 0.1) is 11.8 Å². The zero-order chi connectivity index (χ0) is 14.8. The van der Waals surface area contributed by atoms with Gasteiger partial charge in [0.25, 0.3) is 0 Å². The van der Waals surface area contributed by atoms with E-state index in [2.05, 4.69) is 4.72 Å². The van der Waals surface area contributed by atoms with Crippen molar-refractivity contribution >= 4 is 16.0 Å². The first-order valence-corrected chi connectivity index (χ1v) is 9.09. The first-order chi connectivity index (χ1) is 9.45. The van der Waals surface area contributed by atoms with Gasteiger partial charge < -0.3 is 4.74 Å². The molecule has 0 bridgehead atoms. The predicted octanol–water partition coefficient (Wildman–Crippen LogP) is 1.83. The summed E-state index contributed by atoms with van der Waals surface area (Å²) in [5.74, 6) is -0.470. The van der Waals surface area contributed by atoms with Crippen LogP contribution >= 0.6 is 0 Å². The molecule has 0 amide bonds. The van der Waals surface area contributed by atoms with Gasteiger partial charge in [-0.1, -0.05) is 19.3 Å². The van der Waals surface area contributed by atoms with Crippen LogP contribution in [-0.2, 0) is 19.6 Å². The van der Waals surface area contributed by atoms with Crippen LogP contribution in [0.25, 0.3) is 0 Å². The minimum Gasteiger partial charge on any atom is -0.469 e. The third kappa shape index (κ3) is 3.34. The molecule has 0 aromatic rings. The minimum absolute atomic E-state index is 0.0404. The maximum Gasteiger partial charge on any atom is 0.310 e. The third-order valence-corrected chi connectivity index (χ3v) is 6.87. The Balaban J connectivity index is 2.03. The molecule has 0 spiro atoms. The Morgan fingerprint density at radius 3 is 2.40 bits per heavy atom. The van der Waals surface area contributed by atoms with Crippen LogP contribution < -0.4 is 4.72 Å². The molecule has 1 N–H and O–H groups in total. The molecule has 2 saturated carbocycles. The summed E-state index contributed by atoms with van der Waals surface area (Å²) in [6.45, 7) is 1.94. The van der Waals surface area contributed by atoms with Crippen LogP contribution in [0.1, 0.15) is 51.9 Å². The van der Waals surface area contributed by atoms with Crippen molar-refractivity contribution < 1.29 is 17.9 Å². The summed E-state index contributed by atoms with van der Waals surface area (Å²) < 4.78 is 32.6. The number of nitrogens with one attached hydrogen (secondary N) is 1. The third-order valence-electron chi connectivity index (χ3n) is 4.81. The van der Waals surface area contributed by atoms with Crippen molar-refractivity contribution in [2.45, 2.75) is 63.2 Å². The number of sulfonamides is 1.